The van der Waals surface area contributed by atoms with E-state index in [4.69, 9.17) is 0 Å². The number of rotatable bonds is 15. The number of hydrogen-bond acceptors (Lipinski definition) is 5. The van der Waals surface area contributed by atoms with Gasteiger partial charge in [-0.3, -0.25) is 9.59 Å². The maximum atomic E-state index is 12.4. The van der Waals surface area contributed by atoms with Crippen molar-refractivity contribution in [1.29, 1.82) is 0 Å². The van der Waals surface area contributed by atoms with Crippen LogP contribution in [0.1, 0.15) is 79.1 Å². The second-order valence-electron chi connectivity index (χ2n) is 10.8. The van der Waals surface area contributed by atoms with E-state index in [1.807, 2.05) is 14.7 Å². The average Bonchev–Trinajstić information content (AvgIpc) is 3.68. The maximum Gasteiger partial charge on any atom is 0.227 e. The van der Waals surface area contributed by atoms with E-state index in [2.05, 4.69) is 27.7 Å². The topological polar surface area (TPSA) is 43.2 Å². The normalized spacial score (nSPS) is 19.8. The molecule has 0 aromatic rings. The molecule has 0 N–H and O–H groups in total. The van der Waals surface area contributed by atoms with Crippen molar-refractivity contribution in [2.75, 3.05) is 63.9 Å². The van der Waals surface area contributed by atoms with E-state index < -0.39 is 7.26 Å². The van der Waals surface area contributed by atoms with Crippen LogP contribution in [0.4, 0.5) is 0 Å². The van der Waals surface area contributed by atoms with Gasteiger partial charge in [-0.2, -0.15) is 0 Å². The van der Waals surface area contributed by atoms with E-state index in [9.17, 15) is 9.59 Å². The average molecular weight is 492 g/mol. The van der Waals surface area contributed by atoms with Crippen LogP contribution in [0.2, 0.25) is 0 Å². The zero-order valence-electron chi connectivity index (χ0n) is 22.5. The summed E-state index contributed by atoms with van der Waals surface area (Å²) in [6, 6.07) is 0. The summed E-state index contributed by atoms with van der Waals surface area (Å²) >= 11 is 0. The molecule has 6 heteroatoms. The first kappa shape index (κ1) is 27.2. The summed E-state index contributed by atoms with van der Waals surface area (Å²) in [5.41, 5.74) is 1.89. The number of carbonyl (C=O) groups is 2. The van der Waals surface area contributed by atoms with Crippen LogP contribution < -0.4 is 0 Å². The monoisotopic (exact) mass is 491 g/mol. The van der Waals surface area contributed by atoms with Crippen LogP contribution in [0.5, 0.6) is 0 Å². The summed E-state index contributed by atoms with van der Waals surface area (Å²) < 4.78 is 0. The van der Waals surface area contributed by atoms with Gasteiger partial charge in [0.15, 0.2) is 0 Å². The molecule has 0 amide bonds. The Bertz CT molecular complexity index is 726. The van der Waals surface area contributed by atoms with Crippen LogP contribution in [0.3, 0.4) is 0 Å². The van der Waals surface area contributed by atoms with Crippen molar-refractivity contribution in [3.8, 4) is 0 Å². The Hall–Kier alpha value is -1.35. The number of hydrogen-bond donors (Lipinski definition) is 0. The van der Waals surface area contributed by atoms with E-state index in [-0.39, 0.29) is 11.6 Å². The minimum atomic E-state index is -0.879. The molecule has 5 nitrogen and oxygen atoms in total. The number of unbranched alkanes of at least 4 members (excludes halogenated alkanes) is 4. The fraction of sp³-hybridized carbons (Fsp3) is 0.786. The molecule has 0 spiro atoms. The van der Waals surface area contributed by atoms with Crippen molar-refractivity contribution < 1.29 is 9.59 Å². The molecular weight excluding hydrogens is 441 g/mol. The molecule has 3 fully saturated rings. The van der Waals surface area contributed by atoms with Gasteiger partial charge in [0.25, 0.3) is 0 Å². The minimum Gasteiger partial charge on any atom is -0.365 e. The quantitative estimate of drug-likeness (QED) is 0.181. The first-order valence-electron chi connectivity index (χ1n) is 14.3. The van der Waals surface area contributed by atoms with Gasteiger partial charge in [-0.05, 0) is 0 Å². The third kappa shape index (κ3) is 7.57. The Labute approximate surface area is 209 Å². The van der Waals surface area contributed by atoms with Crippen LogP contribution in [-0.2, 0) is 9.59 Å². The molecular formula is C28H50N3O2P. The van der Waals surface area contributed by atoms with Crippen LogP contribution in [0.15, 0.2) is 23.2 Å². The van der Waals surface area contributed by atoms with Crippen LogP contribution in [0, 0.1) is 0 Å². The van der Waals surface area contributed by atoms with Gasteiger partial charge in [0.1, 0.15) is 11.4 Å². The van der Waals surface area contributed by atoms with E-state index in [1.165, 1.54) is 57.4 Å². The molecule has 0 aromatic heterocycles. The summed E-state index contributed by atoms with van der Waals surface area (Å²) in [6.45, 7) is 14.8. The van der Waals surface area contributed by atoms with E-state index in [1.54, 1.807) is 24.6 Å². The van der Waals surface area contributed by atoms with Crippen LogP contribution in [0.25, 0.3) is 0 Å². The molecule has 3 aliphatic heterocycles. The maximum absolute atomic E-state index is 12.4. The Kier molecular flexibility index (Phi) is 10.5. The molecule has 34 heavy (non-hydrogen) atoms. The van der Waals surface area contributed by atoms with E-state index in [0.717, 1.165) is 39.3 Å². The summed E-state index contributed by atoms with van der Waals surface area (Å²) in [4.78, 5) is 30.5. The summed E-state index contributed by atoms with van der Waals surface area (Å²) in [6.07, 6.45) is 19.7. The summed E-state index contributed by atoms with van der Waals surface area (Å²) in [5, 5.41) is 0. The third-order valence-electron chi connectivity index (χ3n) is 7.73. The van der Waals surface area contributed by atoms with E-state index in [0.29, 0.717) is 17.1 Å². The molecule has 0 bridgehead atoms. The molecule has 3 heterocycles. The van der Waals surface area contributed by atoms with E-state index >= 15 is 0 Å². The molecule has 0 atom stereocenters. The van der Waals surface area contributed by atoms with Crippen molar-refractivity contribution in [3.63, 3.8) is 0 Å². The summed E-state index contributed by atoms with van der Waals surface area (Å²) in [7, 11) is -0.879. The first-order chi connectivity index (χ1) is 16.5. The van der Waals surface area contributed by atoms with Crippen molar-refractivity contribution in [2.24, 2.45) is 0 Å². The Morgan fingerprint density at radius 3 is 1.35 bits per heavy atom. The Balaban J connectivity index is 0.000000191. The number of ketones is 2. The van der Waals surface area contributed by atoms with Crippen molar-refractivity contribution in [2.45, 2.75) is 79.1 Å². The molecule has 3 saturated heterocycles. The zero-order valence-corrected chi connectivity index (χ0v) is 23.5. The number of nitrogens with zero attached hydrogens (tertiary/aromatic N) is 3. The second kappa shape index (κ2) is 13.1. The Morgan fingerprint density at radius 1 is 0.618 bits per heavy atom. The van der Waals surface area contributed by atoms with Gasteiger partial charge >= 0.3 is 111 Å². The number of allylic oxidation sites excluding steroid dienone is 1. The van der Waals surface area contributed by atoms with Gasteiger partial charge in [0, 0.05) is 45.3 Å². The standard InChI is InChI=1S/C16H37P.C12H13N3O2/c1-5-9-13-17(14-10-6-2,15-11-7-3)16-12-8-4;16-9-7-8(13-1-2-13)12(17)11(15-5-6-15)10(9)14-3-4-14/h17H,5-16H2,1-4H3;7H,1-6H2. The molecule has 194 valence electrons. The summed E-state index contributed by atoms with van der Waals surface area (Å²) in [5.74, 6) is 0.0485. The molecule has 1 aliphatic carbocycles. The molecule has 0 saturated carbocycles. The Morgan fingerprint density at radius 2 is 1.00 bits per heavy atom. The molecule has 4 rings (SSSR count). The van der Waals surface area contributed by atoms with Crippen LogP contribution >= 0.6 is 7.26 Å². The van der Waals surface area contributed by atoms with Gasteiger partial charge in [0.2, 0.25) is 11.6 Å². The van der Waals surface area contributed by atoms with Gasteiger partial charge in [-0.25, -0.2) is 0 Å². The molecule has 0 unspecified atom stereocenters. The molecule has 0 aromatic carbocycles. The SMILES string of the molecule is CCCC[PH](CCCC)(CCCC)CCCC.O=C1C=C(N2CC2)C(=O)C(N2CC2)=C1N1CC1. The van der Waals surface area contributed by atoms with Gasteiger partial charge < -0.3 is 14.7 Å². The smallest absolute Gasteiger partial charge is 0.227 e. The fourth-order valence-corrected chi connectivity index (χ4v) is 11.1. The number of carbonyl (C=O) groups excluding carboxylic acids is 2. The first-order valence-corrected chi connectivity index (χ1v) is 17.1. The van der Waals surface area contributed by atoms with Crippen molar-refractivity contribution in [1.82, 2.24) is 14.7 Å². The fourth-order valence-electron chi connectivity index (χ4n) is 5.23. The van der Waals surface area contributed by atoms with Crippen molar-refractivity contribution in [3.05, 3.63) is 23.2 Å². The third-order valence-corrected chi connectivity index (χ3v) is 13.4. The van der Waals surface area contributed by atoms with Gasteiger partial charge in [-0.1, -0.05) is 0 Å². The zero-order chi connectivity index (χ0) is 24.6. The predicted molar refractivity (Wildman–Crippen MR) is 147 cm³/mol. The number of Topliss-reactive ketones (excluding diaryl/α,β-unsaturated/α-hetero) is 1. The minimum absolute atomic E-state index is 0.00546. The van der Waals surface area contributed by atoms with Gasteiger partial charge in [0.05, 0.1) is 5.70 Å². The predicted octanol–water partition coefficient (Wildman–Crippen LogP) is 5.12. The van der Waals surface area contributed by atoms with Crippen molar-refractivity contribution >= 4 is 18.8 Å². The molecule has 4 aliphatic rings. The second-order valence-corrected chi connectivity index (χ2v) is 15.8. The largest absolute Gasteiger partial charge is 0.365 e. The van der Waals surface area contributed by atoms with Crippen LogP contribution in [-0.4, -0.2) is 90.2 Å². The van der Waals surface area contributed by atoms with Gasteiger partial charge in [-0.15, -0.1) is 0 Å². The molecule has 0 radical (unpaired) electrons.